The monoisotopic (exact) mass is 494 g/mol. The molecule has 0 radical (unpaired) electrons. The van der Waals surface area contributed by atoms with Crippen LogP contribution in [0.25, 0.3) is 0 Å². The minimum atomic E-state index is -1.79. The molecule has 3 rings (SSSR count). The Morgan fingerprint density at radius 2 is 1.56 bits per heavy atom. The Kier molecular flexibility index (Phi) is 14.4. The quantitative estimate of drug-likeness (QED) is 0.345. The summed E-state index contributed by atoms with van der Waals surface area (Å²) in [5.41, 5.74) is -0.0148. The Balaban J connectivity index is 0. The van der Waals surface area contributed by atoms with Crippen LogP contribution in [0.5, 0.6) is 0 Å². The maximum Gasteiger partial charge on any atom is 0 e. The number of hydrogen-bond acceptors (Lipinski definition) is 2. The molecule has 3 atom stereocenters. The van der Waals surface area contributed by atoms with Gasteiger partial charge in [-0.25, -0.2) is 0 Å². The number of allylic oxidation sites excluding steroid dienone is 3. The van der Waals surface area contributed by atoms with E-state index in [1.165, 1.54) is 5.19 Å². The first-order chi connectivity index (χ1) is 14.8. The topological polar surface area (TPSA) is 86.0 Å². The molecule has 0 N–H and O–H groups in total. The smallest absolute Gasteiger partial charge is 0 e. The van der Waals surface area contributed by atoms with Gasteiger partial charge in [0.15, 0.2) is 0 Å². The Morgan fingerprint density at radius 1 is 1.03 bits per heavy atom. The summed E-state index contributed by atoms with van der Waals surface area (Å²) in [7, 11) is -0.0827. The summed E-state index contributed by atoms with van der Waals surface area (Å²) < 4.78 is 27.9. The second kappa shape index (κ2) is 14.3. The molecule has 2 aliphatic carbocycles. The number of hydrogen-bond donors (Lipinski definition) is 0. The van der Waals surface area contributed by atoms with E-state index < -0.39 is 8.07 Å². The van der Waals surface area contributed by atoms with Gasteiger partial charge in [-0.1, -0.05) is 68.5 Å². The molecule has 2 unspecified atom stereocenters. The molecule has 172 valence electrons. The maximum absolute atomic E-state index is 13.2. The van der Waals surface area contributed by atoms with Crippen LogP contribution in [0.2, 0.25) is 18.6 Å². The number of carbonyl (C=O) groups is 1. The zero-order valence-corrected chi connectivity index (χ0v) is 21.3. The molecule has 1 aromatic carbocycles. The molecule has 7 heteroatoms. The summed E-state index contributed by atoms with van der Waals surface area (Å²) in [6, 6.07) is 10.9. The van der Waals surface area contributed by atoms with Crippen molar-refractivity contribution in [2.75, 3.05) is 7.11 Å². The molecular formula is C25H30FeO5Si. The molecular weight excluding hydrogens is 464 g/mol. The second-order valence-electron chi connectivity index (χ2n) is 8.57. The summed E-state index contributed by atoms with van der Waals surface area (Å²) in [6.07, 6.45) is 9.03. The third kappa shape index (κ3) is 6.13. The Labute approximate surface area is 203 Å². The van der Waals surface area contributed by atoms with E-state index in [4.69, 9.17) is 18.7 Å². The number of ether oxygens (including phenoxy) is 1. The van der Waals surface area contributed by atoms with Crippen molar-refractivity contribution >= 4 is 19.0 Å². The molecule has 1 aromatic rings. The SMILES string of the molecule is COC1=CC[C@@](C)(C2(C)C(=O)CCC2[Si](C)(C)c2ccccc2)C=C1.[C-]#[O+].[C-]#[O+].[C-]#[O+].[Fe]. The van der Waals surface area contributed by atoms with Crippen molar-refractivity contribution in [3.05, 3.63) is 74.3 Å². The molecule has 1 fully saturated rings. The molecule has 0 spiro atoms. The van der Waals surface area contributed by atoms with Crippen molar-refractivity contribution in [1.29, 1.82) is 0 Å². The molecule has 2 aliphatic rings. The number of rotatable bonds is 4. The van der Waals surface area contributed by atoms with Gasteiger partial charge < -0.3 is 4.74 Å². The van der Waals surface area contributed by atoms with Gasteiger partial charge in [0.2, 0.25) is 0 Å². The molecule has 5 nitrogen and oxygen atoms in total. The van der Waals surface area contributed by atoms with Gasteiger partial charge in [0.25, 0.3) is 0 Å². The normalized spacial score (nSPS) is 25.7. The average Bonchev–Trinajstić information content (AvgIpc) is 3.15. The van der Waals surface area contributed by atoms with Crippen LogP contribution in [-0.4, -0.2) is 21.0 Å². The standard InChI is InChI=1S/C22H30O2Si.3CO.Fe/c1-21(15-13-17(24-3)14-16-21)22(2)19(23)11-12-20(22)25(4,5)18-9-7-6-8-10-18;3*1-2;/h6-10,13-15,20H,11-12,16H2,1-5H3;;;;/t20?,21-,22?;;;;/m0..../s1. The molecule has 0 heterocycles. The number of Topliss-reactive ketones (excluding diaryl/α,β-unsaturated/α-hetero) is 1. The zero-order valence-electron chi connectivity index (χ0n) is 19.2. The fourth-order valence-electron chi connectivity index (χ4n) is 5.14. The summed E-state index contributed by atoms with van der Waals surface area (Å²) >= 11 is 0. The van der Waals surface area contributed by atoms with Gasteiger partial charge in [-0.3, -0.25) is 4.79 Å². The van der Waals surface area contributed by atoms with E-state index in [1.54, 1.807) is 7.11 Å². The van der Waals surface area contributed by atoms with E-state index in [9.17, 15) is 4.79 Å². The molecule has 0 saturated heterocycles. The van der Waals surface area contributed by atoms with Crippen molar-refractivity contribution in [2.24, 2.45) is 10.8 Å². The second-order valence-corrected chi connectivity index (χ2v) is 13.3. The van der Waals surface area contributed by atoms with Crippen molar-refractivity contribution < 1.29 is 40.6 Å². The van der Waals surface area contributed by atoms with Crippen LogP contribution in [0.1, 0.15) is 33.1 Å². The summed E-state index contributed by atoms with van der Waals surface area (Å²) in [4.78, 5) is 13.2. The predicted molar refractivity (Wildman–Crippen MR) is 118 cm³/mol. The zero-order chi connectivity index (χ0) is 24.3. The van der Waals surface area contributed by atoms with Gasteiger partial charge in [0.1, 0.15) is 11.5 Å². The van der Waals surface area contributed by atoms with Crippen LogP contribution >= 0.6 is 0 Å². The van der Waals surface area contributed by atoms with Gasteiger partial charge >= 0.3 is 33.9 Å². The molecule has 0 aliphatic heterocycles. The molecule has 32 heavy (non-hydrogen) atoms. The first-order valence-corrected chi connectivity index (χ1v) is 13.0. The van der Waals surface area contributed by atoms with Crippen molar-refractivity contribution in [2.45, 2.75) is 51.7 Å². The van der Waals surface area contributed by atoms with Gasteiger partial charge in [-0.15, -0.1) is 0 Å². The fourth-order valence-corrected chi connectivity index (χ4v) is 9.39. The van der Waals surface area contributed by atoms with E-state index in [2.05, 4.69) is 95.5 Å². The van der Waals surface area contributed by atoms with Crippen molar-refractivity contribution in [3.8, 4) is 0 Å². The van der Waals surface area contributed by atoms with Crippen LogP contribution in [-0.2, 0) is 40.6 Å². The van der Waals surface area contributed by atoms with Crippen molar-refractivity contribution in [3.63, 3.8) is 0 Å². The molecule has 0 amide bonds. The van der Waals surface area contributed by atoms with E-state index in [-0.39, 0.29) is 27.9 Å². The Bertz CT molecular complexity index is 842. The van der Waals surface area contributed by atoms with Gasteiger partial charge in [0.05, 0.1) is 15.2 Å². The fraction of sp³-hybridized carbons (Fsp3) is 0.440. The molecule has 0 bridgehead atoms. The summed E-state index contributed by atoms with van der Waals surface area (Å²) in [6.45, 7) is 22.9. The number of benzene rings is 1. The Morgan fingerprint density at radius 3 is 2.00 bits per heavy atom. The van der Waals surface area contributed by atoms with E-state index >= 15 is 0 Å². The van der Waals surface area contributed by atoms with Crippen molar-refractivity contribution in [1.82, 2.24) is 0 Å². The van der Waals surface area contributed by atoms with Crippen LogP contribution in [0, 0.1) is 30.8 Å². The van der Waals surface area contributed by atoms with Crippen LogP contribution in [0.4, 0.5) is 0 Å². The third-order valence-corrected chi connectivity index (χ3v) is 11.5. The number of methoxy groups -OCH3 is 1. The van der Waals surface area contributed by atoms with E-state index in [0.29, 0.717) is 17.7 Å². The first kappa shape index (κ1) is 32.3. The Hall–Kier alpha value is -1.87. The largest absolute Gasteiger partial charge is 0 e. The summed E-state index contributed by atoms with van der Waals surface area (Å²) in [5.74, 6) is 1.35. The van der Waals surface area contributed by atoms with Gasteiger partial charge in [-0.2, -0.15) is 0 Å². The maximum atomic E-state index is 13.2. The molecule has 0 aromatic heterocycles. The predicted octanol–water partition coefficient (Wildman–Crippen LogP) is 4.72. The number of ketones is 1. The third-order valence-electron chi connectivity index (χ3n) is 7.09. The van der Waals surface area contributed by atoms with Crippen LogP contribution in [0.15, 0.2) is 54.3 Å². The minimum absolute atomic E-state index is 0. The van der Waals surface area contributed by atoms with E-state index in [1.807, 2.05) is 0 Å². The van der Waals surface area contributed by atoms with Gasteiger partial charge in [-0.05, 0) is 30.5 Å². The minimum Gasteiger partial charge on any atom is 0 e. The van der Waals surface area contributed by atoms with Gasteiger partial charge in [0, 0.05) is 34.3 Å². The summed E-state index contributed by atoms with van der Waals surface area (Å²) in [5, 5.41) is 1.46. The average molecular weight is 494 g/mol. The van der Waals surface area contributed by atoms with Crippen LogP contribution < -0.4 is 5.19 Å². The van der Waals surface area contributed by atoms with E-state index in [0.717, 1.165) is 18.6 Å². The van der Waals surface area contributed by atoms with Crippen LogP contribution in [0.3, 0.4) is 0 Å². The first-order valence-electron chi connectivity index (χ1n) is 9.89. The number of carbonyl (C=O) groups excluding carboxylic acids is 1. The molecule has 1 saturated carbocycles.